The molecule has 1 unspecified atom stereocenters. The minimum absolute atomic E-state index is 0.00185. The van der Waals surface area contributed by atoms with Gasteiger partial charge in [0.1, 0.15) is 0 Å². The molecule has 2 heterocycles. The first-order chi connectivity index (χ1) is 7.77. The molecular formula is C11H18N4O. The Labute approximate surface area is 95.4 Å². The van der Waals surface area contributed by atoms with Gasteiger partial charge in [0, 0.05) is 38.6 Å². The third-order valence-electron chi connectivity index (χ3n) is 2.87. The van der Waals surface area contributed by atoms with Crippen molar-refractivity contribution in [1.29, 1.82) is 0 Å². The van der Waals surface area contributed by atoms with E-state index in [9.17, 15) is 4.79 Å². The van der Waals surface area contributed by atoms with Gasteiger partial charge in [-0.15, -0.1) is 0 Å². The summed E-state index contributed by atoms with van der Waals surface area (Å²) in [6.07, 6.45) is 3.63. The summed E-state index contributed by atoms with van der Waals surface area (Å²) in [5.74, 6) is 0.231. The van der Waals surface area contributed by atoms with E-state index in [1.807, 2.05) is 28.8 Å². The van der Waals surface area contributed by atoms with Crippen molar-refractivity contribution >= 4 is 5.91 Å². The van der Waals surface area contributed by atoms with Crippen LogP contribution >= 0.6 is 0 Å². The Morgan fingerprint density at radius 2 is 2.25 bits per heavy atom. The van der Waals surface area contributed by atoms with Crippen LogP contribution in [0.25, 0.3) is 0 Å². The number of carbonyl (C=O) groups is 1. The number of amides is 1. The van der Waals surface area contributed by atoms with Crippen LogP contribution in [0.1, 0.15) is 6.92 Å². The van der Waals surface area contributed by atoms with Crippen LogP contribution in [0.15, 0.2) is 18.5 Å². The normalized spacial score (nSPS) is 18.4. The lowest BCUT2D eigenvalue weighted by atomic mass is 10.1. The van der Waals surface area contributed by atoms with Crippen molar-refractivity contribution in [2.24, 2.45) is 5.92 Å². The van der Waals surface area contributed by atoms with Gasteiger partial charge in [-0.3, -0.25) is 9.48 Å². The Bertz CT molecular complexity index is 330. The van der Waals surface area contributed by atoms with Crippen molar-refractivity contribution in [1.82, 2.24) is 20.0 Å². The molecule has 1 atom stereocenters. The molecule has 16 heavy (non-hydrogen) atoms. The number of aromatic nitrogens is 2. The minimum Gasteiger partial charge on any atom is -0.340 e. The molecule has 1 aliphatic rings. The van der Waals surface area contributed by atoms with E-state index in [1.54, 1.807) is 6.20 Å². The van der Waals surface area contributed by atoms with Crippen molar-refractivity contribution in [2.45, 2.75) is 13.5 Å². The third-order valence-corrected chi connectivity index (χ3v) is 2.87. The fraction of sp³-hybridized carbons (Fsp3) is 0.636. The molecule has 0 aliphatic carbocycles. The highest BCUT2D eigenvalue weighted by atomic mass is 16.2. The molecule has 0 aromatic carbocycles. The monoisotopic (exact) mass is 222 g/mol. The molecule has 1 N–H and O–H groups in total. The quantitative estimate of drug-likeness (QED) is 0.780. The van der Waals surface area contributed by atoms with Crippen LogP contribution in [0.5, 0.6) is 0 Å². The van der Waals surface area contributed by atoms with E-state index in [1.165, 1.54) is 0 Å². The Kier molecular flexibility index (Phi) is 3.56. The van der Waals surface area contributed by atoms with Crippen molar-refractivity contribution in [2.75, 3.05) is 26.2 Å². The summed E-state index contributed by atoms with van der Waals surface area (Å²) in [7, 11) is 0. The van der Waals surface area contributed by atoms with Gasteiger partial charge >= 0.3 is 0 Å². The van der Waals surface area contributed by atoms with Gasteiger partial charge in [-0.25, -0.2) is 0 Å². The maximum Gasteiger partial charge on any atom is 0.227 e. The number of piperazine rings is 1. The van der Waals surface area contributed by atoms with E-state index in [0.29, 0.717) is 6.54 Å². The van der Waals surface area contributed by atoms with E-state index >= 15 is 0 Å². The predicted molar refractivity (Wildman–Crippen MR) is 60.8 cm³/mol. The number of hydrogen-bond donors (Lipinski definition) is 1. The van der Waals surface area contributed by atoms with Crippen LogP contribution in [-0.4, -0.2) is 46.8 Å². The van der Waals surface area contributed by atoms with E-state index in [2.05, 4.69) is 10.4 Å². The minimum atomic E-state index is -0.00185. The van der Waals surface area contributed by atoms with E-state index in [4.69, 9.17) is 0 Å². The zero-order valence-corrected chi connectivity index (χ0v) is 9.59. The average molecular weight is 222 g/mol. The maximum atomic E-state index is 12.1. The van der Waals surface area contributed by atoms with E-state index in [-0.39, 0.29) is 11.8 Å². The largest absolute Gasteiger partial charge is 0.340 e. The van der Waals surface area contributed by atoms with Crippen molar-refractivity contribution in [3.05, 3.63) is 18.5 Å². The van der Waals surface area contributed by atoms with Gasteiger partial charge in [0.25, 0.3) is 0 Å². The second-order valence-electron chi connectivity index (χ2n) is 4.20. The van der Waals surface area contributed by atoms with Gasteiger partial charge < -0.3 is 10.2 Å². The van der Waals surface area contributed by atoms with Gasteiger partial charge in [-0.05, 0) is 6.07 Å². The van der Waals surface area contributed by atoms with Gasteiger partial charge in [-0.1, -0.05) is 6.92 Å². The van der Waals surface area contributed by atoms with Crippen LogP contribution < -0.4 is 5.32 Å². The molecule has 0 radical (unpaired) electrons. The predicted octanol–water partition coefficient (Wildman–Crippen LogP) is -0.0490. The Morgan fingerprint density at radius 1 is 1.50 bits per heavy atom. The lowest BCUT2D eigenvalue weighted by molar-refractivity contribution is -0.136. The molecule has 1 fully saturated rings. The first kappa shape index (κ1) is 11.1. The standard InChI is InChI=1S/C11H18N4O/c1-10(9-15-6-2-3-13-15)11(16)14-7-4-12-5-8-14/h2-3,6,10,12H,4-5,7-9H2,1H3. The molecule has 1 saturated heterocycles. The Morgan fingerprint density at radius 3 is 2.88 bits per heavy atom. The van der Waals surface area contributed by atoms with Gasteiger partial charge in [-0.2, -0.15) is 5.10 Å². The van der Waals surface area contributed by atoms with Crippen LogP contribution in [-0.2, 0) is 11.3 Å². The number of hydrogen-bond acceptors (Lipinski definition) is 3. The average Bonchev–Trinajstić information content (AvgIpc) is 2.82. The molecule has 1 aliphatic heterocycles. The fourth-order valence-corrected chi connectivity index (χ4v) is 1.96. The zero-order chi connectivity index (χ0) is 11.4. The lowest BCUT2D eigenvalue weighted by Gasteiger charge is -2.29. The van der Waals surface area contributed by atoms with Crippen molar-refractivity contribution < 1.29 is 4.79 Å². The van der Waals surface area contributed by atoms with Crippen LogP contribution in [0.4, 0.5) is 0 Å². The molecule has 1 amide bonds. The van der Waals surface area contributed by atoms with Crippen LogP contribution in [0.3, 0.4) is 0 Å². The number of carbonyl (C=O) groups excluding carboxylic acids is 1. The van der Waals surface area contributed by atoms with Gasteiger partial charge in [0.2, 0.25) is 5.91 Å². The van der Waals surface area contributed by atoms with Gasteiger partial charge in [0.15, 0.2) is 0 Å². The Hall–Kier alpha value is -1.36. The molecule has 0 bridgehead atoms. The molecular weight excluding hydrogens is 204 g/mol. The summed E-state index contributed by atoms with van der Waals surface area (Å²) in [5.41, 5.74) is 0. The van der Waals surface area contributed by atoms with E-state index in [0.717, 1.165) is 26.2 Å². The molecule has 0 spiro atoms. The molecule has 2 rings (SSSR count). The number of rotatable bonds is 3. The molecule has 5 nitrogen and oxygen atoms in total. The smallest absolute Gasteiger partial charge is 0.227 e. The lowest BCUT2D eigenvalue weighted by Crippen LogP contribution is -2.48. The fourth-order valence-electron chi connectivity index (χ4n) is 1.96. The summed E-state index contributed by atoms with van der Waals surface area (Å²) in [6.45, 7) is 6.08. The highest BCUT2D eigenvalue weighted by molar-refractivity contribution is 5.78. The number of nitrogens with one attached hydrogen (secondary N) is 1. The summed E-state index contributed by atoms with van der Waals surface area (Å²) in [4.78, 5) is 14.0. The second kappa shape index (κ2) is 5.12. The maximum absolute atomic E-state index is 12.1. The highest BCUT2D eigenvalue weighted by Gasteiger charge is 2.22. The SMILES string of the molecule is CC(Cn1cccn1)C(=O)N1CCNCC1. The highest BCUT2D eigenvalue weighted by Crippen LogP contribution is 2.06. The van der Waals surface area contributed by atoms with E-state index < -0.39 is 0 Å². The number of nitrogens with zero attached hydrogens (tertiary/aromatic N) is 3. The Balaban J connectivity index is 1.88. The summed E-state index contributed by atoms with van der Waals surface area (Å²) < 4.78 is 1.81. The first-order valence-corrected chi connectivity index (χ1v) is 5.74. The van der Waals surface area contributed by atoms with Crippen LogP contribution in [0.2, 0.25) is 0 Å². The molecule has 88 valence electrons. The van der Waals surface area contributed by atoms with Crippen molar-refractivity contribution in [3.63, 3.8) is 0 Å². The topological polar surface area (TPSA) is 50.2 Å². The first-order valence-electron chi connectivity index (χ1n) is 5.74. The molecule has 0 saturated carbocycles. The summed E-state index contributed by atoms with van der Waals surface area (Å²) in [6, 6.07) is 1.88. The molecule has 5 heteroatoms. The summed E-state index contributed by atoms with van der Waals surface area (Å²) in [5, 5.41) is 7.36. The molecule has 1 aromatic rings. The summed E-state index contributed by atoms with van der Waals surface area (Å²) >= 11 is 0. The van der Waals surface area contributed by atoms with Gasteiger partial charge in [0.05, 0.1) is 12.5 Å². The molecule has 1 aromatic heterocycles. The van der Waals surface area contributed by atoms with Crippen LogP contribution in [0, 0.1) is 5.92 Å². The zero-order valence-electron chi connectivity index (χ0n) is 9.59. The van der Waals surface area contributed by atoms with Crippen molar-refractivity contribution in [3.8, 4) is 0 Å². The second-order valence-corrected chi connectivity index (χ2v) is 4.20. The third kappa shape index (κ3) is 2.61.